The van der Waals surface area contributed by atoms with Crippen LogP contribution < -0.4 is 5.32 Å². The molecule has 0 heterocycles. The Labute approximate surface area is 139 Å². The predicted molar refractivity (Wildman–Crippen MR) is 98.8 cm³/mol. The summed E-state index contributed by atoms with van der Waals surface area (Å²) >= 11 is 0. The van der Waals surface area contributed by atoms with E-state index in [0.717, 1.165) is 19.4 Å². The average molecular weight is 301 g/mol. The Kier molecular flexibility index (Phi) is 5.10. The lowest BCUT2D eigenvalue weighted by atomic mass is 10.0. The Bertz CT molecular complexity index is 747. The van der Waals surface area contributed by atoms with E-state index in [4.69, 9.17) is 0 Å². The monoisotopic (exact) mass is 301 g/mol. The second kappa shape index (κ2) is 7.64. The molecule has 0 aromatic heterocycles. The van der Waals surface area contributed by atoms with Crippen LogP contribution in [0.3, 0.4) is 0 Å². The van der Waals surface area contributed by atoms with Gasteiger partial charge in [0.2, 0.25) is 0 Å². The summed E-state index contributed by atoms with van der Waals surface area (Å²) in [6, 6.07) is 28.0. The molecule has 0 aliphatic heterocycles. The van der Waals surface area contributed by atoms with Crippen molar-refractivity contribution in [2.75, 3.05) is 5.32 Å². The van der Waals surface area contributed by atoms with Crippen molar-refractivity contribution in [2.45, 2.75) is 26.3 Å². The van der Waals surface area contributed by atoms with Gasteiger partial charge in [-0.05, 0) is 41.2 Å². The van der Waals surface area contributed by atoms with Gasteiger partial charge < -0.3 is 5.32 Å². The number of hydrogen-bond acceptors (Lipinski definition) is 1. The highest BCUT2D eigenvalue weighted by molar-refractivity contribution is 5.53. The van der Waals surface area contributed by atoms with Gasteiger partial charge in [-0.25, -0.2) is 0 Å². The molecule has 1 nitrogen and oxygen atoms in total. The second-order valence-electron chi connectivity index (χ2n) is 5.85. The third kappa shape index (κ3) is 4.23. The Balaban J connectivity index is 1.72. The van der Waals surface area contributed by atoms with Crippen LogP contribution in [0.1, 0.15) is 29.2 Å². The quantitative estimate of drug-likeness (QED) is 0.638. The Morgan fingerprint density at radius 2 is 1.39 bits per heavy atom. The smallest absolute Gasteiger partial charge is 0.0400 e. The van der Waals surface area contributed by atoms with Crippen molar-refractivity contribution in [3.63, 3.8) is 0 Å². The first-order valence-corrected chi connectivity index (χ1v) is 8.28. The molecule has 0 spiro atoms. The van der Waals surface area contributed by atoms with Crippen molar-refractivity contribution >= 4 is 5.69 Å². The van der Waals surface area contributed by atoms with Crippen molar-refractivity contribution < 1.29 is 0 Å². The summed E-state index contributed by atoms with van der Waals surface area (Å²) in [5, 5.41) is 3.60. The molecule has 0 atom stereocenters. The molecule has 3 aromatic carbocycles. The molecule has 116 valence electrons. The first-order chi connectivity index (χ1) is 11.3. The zero-order chi connectivity index (χ0) is 15.9. The maximum Gasteiger partial charge on any atom is 0.0400 e. The zero-order valence-electron chi connectivity index (χ0n) is 13.6. The van der Waals surface area contributed by atoms with Crippen molar-refractivity contribution in [2.24, 2.45) is 0 Å². The van der Waals surface area contributed by atoms with E-state index in [1.54, 1.807) is 0 Å². The third-order valence-electron chi connectivity index (χ3n) is 4.14. The number of benzene rings is 3. The topological polar surface area (TPSA) is 12.0 Å². The van der Waals surface area contributed by atoms with E-state index in [-0.39, 0.29) is 0 Å². The molecule has 23 heavy (non-hydrogen) atoms. The number of rotatable bonds is 6. The summed E-state index contributed by atoms with van der Waals surface area (Å²) in [6.45, 7) is 3.06. The van der Waals surface area contributed by atoms with Crippen LogP contribution in [-0.2, 0) is 19.4 Å². The van der Waals surface area contributed by atoms with Crippen LogP contribution >= 0.6 is 0 Å². The molecule has 3 rings (SSSR count). The summed E-state index contributed by atoms with van der Waals surface area (Å²) < 4.78 is 0. The van der Waals surface area contributed by atoms with E-state index in [9.17, 15) is 0 Å². The highest BCUT2D eigenvalue weighted by Crippen LogP contribution is 2.20. The van der Waals surface area contributed by atoms with Crippen molar-refractivity contribution in [1.82, 2.24) is 0 Å². The first kappa shape index (κ1) is 15.4. The number of para-hydroxylation sites is 1. The van der Waals surface area contributed by atoms with Gasteiger partial charge in [-0.2, -0.15) is 0 Å². The van der Waals surface area contributed by atoms with Crippen LogP contribution in [0.25, 0.3) is 0 Å². The largest absolute Gasteiger partial charge is 0.381 e. The Morgan fingerprint density at radius 1 is 0.696 bits per heavy atom. The SMILES string of the molecule is CCc1cccc(CNc2ccccc2Cc2ccccc2)c1. The molecule has 0 aliphatic rings. The average Bonchev–Trinajstić information content (AvgIpc) is 2.62. The van der Waals surface area contributed by atoms with Crippen molar-refractivity contribution in [3.8, 4) is 0 Å². The molecule has 0 amide bonds. The van der Waals surface area contributed by atoms with Gasteiger partial charge in [0.05, 0.1) is 0 Å². The minimum atomic E-state index is 0.861. The van der Waals surface area contributed by atoms with Gasteiger partial charge in [0.25, 0.3) is 0 Å². The number of nitrogens with one attached hydrogen (secondary N) is 1. The van der Waals surface area contributed by atoms with Crippen molar-refractivity contribution in [3.05, 3.63) is 101 Å². The summed E-state index contributed by atoms with van der Waals surface area (Å²) in [5.74, 6) is 0. The van der Waals surface area contributed by atoms with Gasteiger partial charge >= 0.3 is 0 Å². The van der Waals surface area contributed by atoms with Gasteiger partial charge in [-0.3, -0.25) is 0 Å². The molecule has 1 heteroatoms. The molecule has 0 saturated carbocycles. The van der Waals surface area contributed by atoms with Gasteiger partial charge in [0.15, 0.2) is 0 Å². The normalized spacial score (nSPS) is 10.5. The summed E-state index contributed by atoms with van der Waals surface area (Å²) in [5.41, 5.74) is 6.62. The molecule has 0 aliphatic carbocycles. The van der Waals surface area contributed by atoms with Crippen molar-refractivity contribution in [1.29, 1.82) is 0 Å². The fraction of sp³-hybridized carbons (Fsp3) is 0.182. The molecule has 1 N–H and O–H groups in total. The summed E-state index contributed by atoms with van der Waals surface area (Å²) in [6.07, 6.45) is 2.04. The lowest BCUT2D eigenvalue weighted by Crippen LogP contribution is -2.03. The predicted octanol–water partition coefficient (Wildman–Crippen LogP) is 5.45. The van der Waals surface area contributed by atoms with Gasteiger partial charge in [-0.15, -0.1) is 0 Å². The van der Waals surface area contributed by atoms with Crippen LogP contribution in [0.5, 0.6) is 0 Å². The van der Waals surface area contributed by atoms with E-state index >= 15 is 0 Å². The van der Waals surface area contributed by atoms with Gasteiger partial charge in [0.1, 0.15) is 0 Å². The van der Waals surface area contributed by atoms with Crippen LogP contribution in [0.2, 0.25) is 0 Å². The van der Waals surface area contributed by atoms with Crippen LogP contribution in [0.4, 0.5) is 5.69 Å². The van der Waals surface area contributed by atoms with Crippen LogP contribution in [0, 0.1) is 0 Å². The second-order valence-corrected chi connectivity index (χ2v) is 5.85. The minimum absolute atomic E-state index is 0.861. The summed E-state index contributed by atoms with van der Waals surface area (Å²) in [4.78, 5) is 0. The molecule has 0 saturated heterocycles. The van der Waals surface area contributed by atoms with Gasteiger partial charge in [0, 0.05) is 12.2 Å². The molecule has 3 aromatic rings. The third-order valence-corrected chi connectivity index (χ3v) is 4.14. The standard InChI is InChI=1S/C22H23N/c1-2-18-11-8-12-20(15-18)17-23-22-14-7-6-13-21(22)16-19-9-4-3-5-10-19/h3-15,23H,2,16-17H2,1H3. The number of anilines is 1. The molecule has 0 radical (unpaired) electrons. The maximum atomic E-state index is 3.60. The van der Waals surface area contributed by atoms with Crippen LogP contribution in [0.15, 0.2) is 78.9 Å². The molecular formula is C22H23N. The minimum Gasteiger partial charge on any atom is -0.381 e. The zero-order valence-corrected chi connectivity index (χ0v) is 13.6. The van der Waals surface area contributed by atoms with E-state index in [0.29, 0.717) is 0 Å². The van der Waals surface area contributed by atoms with Gasteiger partial charge in [-0.1, -0.05) is 79.7 Å². The molecule has 0 unspecified atom stereocenters. The van der Waals surface area contributed by atoms with E-state index in [1.807, 2.05) is 0 Å². The number of aryl methyl sites for hydroxylation is 1. The maximum absolute atomic E-state index is 3.60. The summed E-state index contributed by atoms with van der Waals surface area (Å²) in [7, 11) is 0. The molecular weight excluding hydrogens is 278 g/mol. The molecule has 0 bridgehead atoms. The van der Waals surface area contributed by atoms with E-state index in [2.05, 4.69) is 91.1 Å². The fourth-order valence-electron chi connectivity index (χ4n) is 2.82. The first-order valence-electron chi connectivity index (χ1n) is 8.28. The Hall–Kier alpha value is -2.54. The lowest BCUT2D eigenvalue weighted by molar-refractivity contribution is 1.08. The Morgan fingerprint density at radius 3 is 2.22 bits per heavy atom. The lowest BCUT2D eigenvalue weighted by Gasteiger charge is -2.13. The highest BCUT2D eigenvalue weighted by atomic mass is 14.9. The van der Waals surface area contributed by atoms with E-state index in [1.165, 1.54) is 27.9 Å². The fourth-order valence-corrected chi connectivity index (χ4v) is 2.82. The molecule has 0 fully saturated rings. The highest BCUT2D eigenvalue weighted by Gasteiger charge is 2.03. The van der Waals surface area contributed by atoms with Crippen LogP contribution in [-0.4, -0.2) is 0 Å². The number of hydrogen-bond donors (Lipinski definition) is 1. The van der Waals surface area contributed by atoms with E-state index < -0.39 is 0 Å².